The minimum atomic E-state index is -0.419. The van der Waals surface area contributed by atoms with E-state index in [1.165, 1.54) is 17.7 Å². The van der Waals surface area contributed by atoms with Gasteiger partial charge in [-0.15, -0.1) is 0 Å². The Morgan fingerprint density at radius 1 is 1.02 bits per heavy atom. The van der Waals surface area contributed by atoms with E-state index in [4.69, 9.17) is 19.7 Å². The molecule has 0 radical (unpaired) electrons. The van der Waals surface area contributed by atoms with Gasteiger partial charge in [-0.05, 0) is 91.6 Å². The topological polar surface area (TPSA) is 118 Å². The van der Waals surface area contributed by atoms with Gasteiger partial charge < -0.3 is 15.2 Å². The summed E-state index contributed by atoms with van der Waals surface area (Å²) < 4.78 is 33.6. The zero-order valence-electron chi connectivity index (χ0n) is 26.1. The predicted molar refractivity (Wildman–Crippen MR) is 174 cm³/mol. The number of hydrogen-bond acceptors (Lipinski definition) is 8. The summed E-state index contributed by atoms with van der Waals surface area (Å²) >= 11 is 0. The van der Waals surface area contributed by atoms with Crippen LogP contribution in [0.15, 0.2) is 82.4 Å². The fourth-order valence-electron chi connectivity index (χ4n) is 6.08. The van der Waals surface area contributed by atoms with E-state index in [0.717, 1.165) is 50.0 Å². The molecule has 3 aromatic carbocycles. The molecule has 0 spiro atoms. The number of rotatable bonds is 11. The third-order valence-electron chi connectivity index (χ3n) is 8.67. The molecule has 0 unspecified atom stereocenters. The average molecular weight is 624 g/mol. The lowest BCUT2D eigenvalue weighted by molar-refractivity contribution is 0.133. The Balaban J connectivity index is 1.25. The molecular weight excluding hydrogens is 585 g/mol. The lowest BCUT2D eigenvalue weighted by atomic mass is 9.87. The zero-order chi connectivity index (χ0) is 32.0. The normalized spacial score (nSPS) is 16.3. The molecule has 2 N–H and O–H groups in total. The summed E-state index contributed by atoms with van der Waals surface area (Å²) in [7, 11) is 1.45. The van der Waals surface area contributed by atoms with Crippen LogP contribution in [0, 0.1) is 11.7 Å². The molecule has 238 valence electrons. The molecule has 9 nitrogen and oxygen atoms in total. The van der Waals surface area contributed by atoms with Crippen molar-refractivity contribution in [1.82, 2.24) is 19.7 Å². The van der Waals surface area contributed by atoms with E-state index in [1.807, 2.05) is 61.5 Å². The molecule has 10 heteroatoms. The van der Waals surface area contributed by atoms with Crippen LogP contribution >= 0.6 is 0 Å². The Labute approximate surface area is 267 Å². The van der Waals surface area contributed by atoms with E-state index < -0.39 is 5.82 Å². The predicted octanol–water partition coefficient (Wildman–Crippen LogP) is 6.54. The van der Waals surface area contributed by atoms with E-state index in [0.29, 0.717) is 51.8 Å². The first-order chi connectivity index (χ1) is 22.5. The van der Waals surface area contributed by atoms with Gasteiger partial charge in [0.2, 0.25) is 5.82 Å². The number of nitrogens with zero attached hydrogens (tertiary/aromatic N) is 4. The first-order valence-corrected chi connectivity index (χ1v) is 15.8. The summed E-state index contributed by atoms with van der Waals surface area (Å²) in [4.78, 5) is 22.8. The molecule has 0 saturated heterocycles. The highest BCUT2D eigenvalue weighted by Gasteiger charge is 2.22. The van der Waals surface area contributed by atoms with Crippen LogP contribution in [0.1, 0.15) is 55.8 Å². The van der Waals surface area contributed by atoms with Crippen molar-refractivity contribution in [3.05, 3.63) is 106 Å². The number of benzene rings is 3. The van der Waals surface area contributed by atoms with Crippen molar-refractivity contribution in [3.63, 3.8) is 0 Å². The molecule has 0 aliphatic heterocycles. The molecule has 46 heavy (non-hydrogen) atoms. The molecule has 0 amide bonds. The highest BCUT2D eigenvalue weighted by Crippen LogP contribution is 2.33. The van der Waals surface area contributed by atoms with E-state index in [2.05, 4.69) is 15.1 Å². The quantitative estimate of drug-likeness (QED) is 0.176. The maximum Gasteiger partial charge on any atom is 0.417 e. The standard InChI is InChI=1S/C36H38FN5O4/c1-3-6-33-31(35(43)42(22-39-33)26-13-17-28(18-14-26)45-27-15-9-23(21-38)10-16-27)19-25-12-11-24(20-32(25)37)29-7-4-5-8-30(29)34-40-36(44-2)46-41-34/h4-5,7-8,11-14,17-18,20,22-23,27H,3,6,9-10,15-16,19,21,38H2,1-2H3. The van der Waals surface area contributed by atoms with Crippen LogP contribution < -0.4 is 20.8 Å². The van der Waals surface area contributed by atoms with Crippen molar-refractivity contribution >= 4 is 0 Å². The summed E-state index contributed by atoms with van der Waals surface area (Å²) in [5.74, 6) is 1.27. The zero-order valence-corrected chi connectivity index (χ0v) is 26.1. The number of methoxy groups -OCH3 is 1. The number of hydrogen-bond donors (Lipinski definition) is 1. The molecule has 6 rings (SSSR count). The molecule has 1 aliphatic carbocycles. The average Bonchev–Trinajstić information content (AvgIpc) is 3.57. The van der Waals surface area contributed by atoms with Crippen LogP contribution in [0.3, 0.4) is 0 Å². The van der Waals surface area contributed by atoms with Crippen molar-refractivity contribution in [2.24, 2.45) is 11.7 Å². The molecule has 5 aromatic rings. The van der Waals surface area contributed by atoms with Crippen LogP contribution in [0.25, 0.3) is 28.2 Å². The number of aryl methyl sites for hydroxylation is 1. The van der Waals surface area contributed by atoms with Gasteiger partial charge in [0.05, 0.1) is 24.6 Å². The van der Waals surface area contributed by atoms with Gasteiger partial charge in [0.25, 0.3) is 5.56 Å². The Morgan fingerprint density at radius 3 is 2.46 bits per heavy atom. The summed E-state index contributed by atoms with van der Waals surface area (Å²) in [6.45, 7) is 2.76. The molecule has 1 saturated carbocycles. The van der Waals surface area contributed by atoms with E-state index in [-0.39, 0.29) is 24.2 Å². The minimum absolute atomic E-state index is 0.0430. The van der Waals surface area contributed by atoms with Gasteiger partial charge in [-0.1, -0.05) is 54.9 Å². The fraction of sp³-hybridized carbons (Fsp3) is 0.333. The molecule has 0 atom stereocenters. The third-order valence-corrected chi connectivity index (χ3v) is 8.67. The third kappa shape index (κ3) is 6.72. The number of halogens is 1. The van der Waals surface area contributed by atoms with Gasteiger partial charge in [0.15, 0.2) is 0 Å². The Bertz CT molecular complexity index is 1840. The van der Waals surface area contributed by atoms with Gasteiger partial charge in [0.1, 0.15) is 17.9 Å². The van der Waals surface area contributed by atoms with Gasteiger partial charge in [-0.25, -0.2) is 9.37 Å². The van der Waals surface area contributed by atoms with E-state index in [9.17, 15) is 4.79 Å². The largest absolute Gasteiger partial charge is 0.490 e. The number of nitrogens with two attached hydrogens (primary N) is 1. The van der Waals surface area contributed by atoms with Gasteiger partial charge in [-0.3, -0.25) is 13.9 Å². The van der Waals surface area contributed by atoms with Crippen molar-refractivity contribution in [2.45, 2.75) is 58.0 Å². The summed E-state index contributed by atoms with van der Waals surface area (Å²) in [6, 6.07) is 19.9. The first-order valence-electron chi connectivity index (χ1n) is 15.8. The van der Waals surface area contributed by atoms with Crippen LogP contribution in [0.2, 0.25) is 0 Å². The summed E-state index contributed by atoms with van der Waals surface area (Å²) in [6.07, 6.45) is 7.47. The van der Waals surface area contributed by atoms with Crippen LogP contribution in [0.5, 0.6) is 11.8 Å². The Morgan fingerprint density at radius 2 is 1.78 bits per heavy atom. The first kappa shape index (κ1) is 31.2. The van der Waals surface area contributed by atoms with Crippen LogP contribution in [-0.2, 0) is 12.8 Å². The SMILES string of the molecule is CCCc1ncn(-c2ccc(OC3CCC(CN)CC3)cc2)c(=O)c1Cc1ccc(-c2ccccc2-c2noc(OC)n2)cc1F. The molecule has 1 aliphatic rings. The highest BCUT2D eigenvalue weighted by atomic mass is 19.1. The maximum atomic E-state index is 15.7. The highest BCUT2D eigenvalue weighted by molar-refractivity contribution is 5.80. The van der Waals surface area contributed by atoms with Gasteiger partial charge >= 0.3 is 6.08 Å². The smallest absolute Gasteiger partial charge is 0.417 e. The number of aromatic nitrogens is 4. The Hall–Kier alpha value is -4.83. The summed E-state index contributed by atoms with van der Waals surface area (Å²) in [5.41, 5.74) is 9.91. The lowest BCUT2D eigenvalue weighted by Gasteiger charge is -2.28. The van der Waals surface area contributed by atoms with Gasteiger partial charge in [-0.2, -0.15) is 4.98 Å². The molecular formula is C36H38FN5O4. The second-order valence-electron chi connectivity index (χ2n) is 11.7. The van der Waals surface area contributed by atoms with E-state index >= 15 is 4.39 Å². The van der Waals surface area contributed by atoms with E-state index in [1.54, 1.807) is 12.4 Å². The Kier molecular flexibility index (Phi) is 9.54. The van der Waals surface area contributed by atoms with Crippen LogP contribution in [0.4, 0.5) is 4.39 Å². The molecule has 1 fully saturated rings. The molecule has 2 heterocycles. The maximum absolute atomic E-state index is 15.7. The fourth-order valence-corrected chi connectivity index (χ4v) is 6.08. The lowest BCUT2D eigenvalue weighted by Crippen LogP contribution is -2.27. The second kappa shape index (κ2) is 14.1. The molecule has 0 bridgehead atoms. The number of ether oxygens (including phenoxy) is 2. The summed E-state index contributed by atoms with van der Waals surface area (Å²) in [5, 5.41) is 3.99. The van der Waals surface area contributed by atoms with Crippen molar-refractivity contribution in [3.8, 4) is 40.0 Å². The van der Waals surface area contributed by atoms with Gasteiger partial charge in [0, 0.05) is 17.5 Å². The monoisotopic (exact) mass is 623 g/mol. The molecule has 2 aromatic heterocycles. The van der Waals surface area contributed by atoms with Crippen molar-refractivity contribution in [2.75, 3.05) is 13.7 Å². The van der Waals surface area contributed by atoms with Crippen LogP contribution in [-0.4, -0.2) is 39.5 Å². The minimum Gasteiger partial charge on any atom is -0.490 e. The second-order valence-corrected chi connectivity index (χ2v) is 11.7. The van der Waals surface area contributed by atoms with Crippen molar-refractivity contribution in [1.29, 1.82) is 0 Å². The van der Waals surface area contributed by atoms with Crippen molar-refractivity contribution < 1.29 is 18.4 Å².